The summed E-state index contributed by atoms with van der Waals surface area (Å²) in [6.45, 7) is 11.6. The number of rotatable bonds is 1. The van der Waals surface area contributed by atoms with Gasteiger partial charge in [-0.25, -0.2) is 4.79 Å². The monoisotopic (exact) mass is 226 g/mol. The normalized spacial score (nSPS) is 22.4. The van der Waals surface area contributed by atoms with Crippen molar-refractivity contribution in [2.75, 3.05) is 19.6 Å². The zero-order chi connectivity index (χ0) is 12.2. The van der Waals surface area contributed by atoms with Crippen LogP contribution in [0.5, 0.6) is 0 Å². The van der Waals surface area contributed by atoms with Gasteiger partial charge in [-0.1, -0.05) is 6.08 Å². The predicted octanol–water partition coefficient (Wildman–Crippen LogP) is 1.77. The van der Waals surface area contributed by atoms with E-state index in [1.165, 1.54) is 0 Å². The highest BCUT2D eigenvalue weighted by Crippen LogP contribution is 2.11. The van der Waals surface area contributed by atoms with Gasteiger partial charge >= 0.3 is 6.09 Å². The smallest absolute Gasteiger partial charge is 0.410 e. The Kier molecular flexibility index (Phi) is 4.35. The average Bonchev–Trinajstić information content (AvgIpc) is 2.39. The minimum atomic E-state index is -0.422. The molecule has 1 fully saturated rings. The van der Waals surface area contributed by atoms with Gasteiger partial charge < -0.3 is 15.0 Å². The first-order valence-electron chi connectivity index (χ1n) is 5.76. The molecular formula is C12H22N2O2. The first kappa shape index (κ1) is 13.0. The summed E-state index contributed by atoms with van der Waals surface area (Å²) in [4.78, 5) is 13.6. The lowest BCUT2D eigenvalue weighted by Crippen LogP contribution is -2.38. The van der Waals surface area contributed by atoms with Crippen molar-refractivity contribution in [3.8, 4) is 0 Å². The highest BCUT2D eigenvalue weighted by molar-refractivity contribution is 5.68. The Morgan fingerprint density at radius 2 is 2.19 bits per heavy atom. The van der Waals surface area contributed by atoms with Crippen LogP contribution in [0.4, 0.5) is 4.79 Å². The quantitative estimate of drug-likeness (QED) is 0.693. The number of nitrogens with one attached hydrogen (secondary N) is 1. The second kappa shape index (κ2) is 5.34. The van der Waals surface area contributed by atoms with E-state index >= 15 is 0 Å². The Morgan fingerprint density at radius 1 is 1.50 bits per heavy atom. The Balaban J connectivity index is 2.48. The topological polar surface area (TPSA) is 41.6 Å². The molecule has 92 valence electrons. The number of carbonyl (C=O) groups is 1. The third-order valence-electron chi connectivity index (χ3n) is 2.43. The van der Waals surface area contributed by atoms with Crippen LogP contribution in [0.1, 0.15) is 27.2 Å². The van der Waals surface area contributed by atoms with Gasteiger partial charge in [0.1, 0.15) is 5.60 Å². The second-order valence-corrected chi connectivity index (χ2v) is 5.05. The number of nitrogens with zero attached hydrogens (tertiary/aromatic N) is 1. The summed E-state index contributed by atoms with van der Waals surface area (Å²) in [5, 5.41) is 3.31. The molecule has 1 rings (SSSR count). The molecule has 0 aromatic rings. The van der Waals surface area contributed by atoms with E-state index < -0.39 is 5.60 Å². The minimum Gasteiger partial charge on any atom is -0.444 e. The molecule has 1 saturated heterocycles. The molecule has 0 saturated carbocycles. The summed E-state index contributed by atoms with van der Waals surface area (Å²) in [7, 11) is 0. The van der Waals surface area contributed by atoms with Gasteiger partial charge in [-0.2, -0.15) is 0 Å². The molecule has 0 aromatic heterocycles. The second-order valence-electron chi connectivity index (χ2n) is 5.05. The van der Waals surface area contributed by atoms with Gasteiger partial charge in [-0.05, 0) is 27.2 Å². The molecule has 1 aliphatic rings. The van der Waals surface area contributed by atoms with Crippen molar-refractivity contribution in [2.45, 2.75) is 38.8 Å². The lowest BCUT2D eigenvalue weighted by molar-refractivity contribution is 0.0262. The van der Waals surface area contributed by atoms with Gasteiger partial charge in [0.25, 0.3) is 0 Å². The SMILES string of the molecule is C=C[C@@H]1CCN(C(=O)OC(C)(C)C)CCN1. The van der Waals surface area contributed by atoms with Gasteiger partial charge in [-0.3, -0.25) is 0 Å². The average molecular weight is 226 g/mol. The minimum absolute atomic E-state index is 0.223. The molecule has 4 nitrogen and oxygen atoms in total. The van der Waals surface area contributed by atoms with Crippen molar-refractivity contribution in [1.82, 2.24) is 10.2 Å². The highest BCUT2D eigenvalue weighted by atomic mass is 16.6. The molecular weight excluding hydrogens is 204 g/mol. The third-order valence-corrected chi connectivity index (χ3v) is 2.43. The van der Waals surface area contributed by atoms with Gasteiger partial charge in [0.05, 0.1) is 0 Å². The lowest BCUT2D eigenvalue weighted by atomic mass is 10.2. The molecule has 0 bridgehead atoms. The van der Waals surface area contributed by atoms with Crippen LogP contribution < -0.4 is 5.32 Å². The fourth-order valence-electron chi connectivity index (χ4n) is 1.60. The number of ether oxygens (including phenoxy) is 1. The van der Waals surface area contributed by atoms with E-state index in [0.29, 0.717) is 12.6 Å². The molecule has 0 radical (unpaired) electrons. The van der Waals surface area contributed by atoms with E-state index in [-0.39, 0.29) is 6.09 Å². The van der Waals surface area contributed by atoms with Crippen LogP contribution in [-0.2, 0) is 4.74 Å². The number of hydrogen-bond donors (Lipinski definition) is 1. The van der Waals surface area contributed by atoms with E-state index in [2.05, 4.69) is 11.9 Å². The third kappa shape index (κ3) is 4.23. The Morgan fingerprint density at radius 3 is 2.75 bits per heavy atom. The molecule has 16 heavy (non-hydrogen) atoms. The number of hydrogen-bond acceptors (Lipinski definition) is 3. The molecule has 4 heteroatoms. The Hall–Kier alpha value is -1.03. The summed E-state index contributed by atoms with van der Waals surface area (Å²) in [5.41, 5.74) is -0.422. The van der Waals surface area contributed by atoms with Gasteiger partial charge in [0, 0.05) is 25.7 Å². The molecule has 1 N–H and O–H groups in total. The maximum atomic E-state index is 11.8. The van der Waals surface area contributed by atoms with Gasteiger partial charge in [0.2, 0.25) is 0 Å². The van der Waals surface area contributed by atoms with Crippen molar-refractivity contribution in [3.63, 3.8) is 0 Å². The Labute approximate surface area is 97.6 Å². The Bertz CT molecular complexity index is 258. The molecule has 1 heterocycles. The molecule has 0 aromatic carbocycles. The zero-order valence-electron chi connectivity index (χ0n) is 10.5. The van der Waals surface area contributed by atoms with Crippen molar-refractivity contribution < 1.29 is 9.53 Å². The van der Waals surface area contributed by atoms with Crippen LogP contribution >= 0.6 is 0 Å². The van der Waals surface area contributed by atoms with Crippen molar-refractivity contribution in [2.24, 2.45) is 0 Å². The highest BCUT2D eigenvalue weighted by Gasteiger charge is 2.23. The van der Waals surface area contributed by atoms with Crippen molar-refractivity contribution in [1.29, 1.82) is 0 Å². The fraction of sp³-hybridized carbons (Fsp3) is 0.750. The predicted molar refractivity (Wildman–Crippen MR) is 64.4 cm³/mol. The largest absolute Gasteiger partial charge is 0.444 e. The maximum absolute atomic E-state index is 11.8. The molecule has 0 spiro atoms. The van der Waals surface area contributed by atoms with E-state index in [9.17, 15) is 4.79 Å². The molecule has 1 amide bonds. The molecule has 1 aliphatic heterocycles. The fourth-order valence-corrected chi connectivity index (χ4v) is 1.60. The summed E-state index contributed by atoms with van der Waals surface area (Å²) < 4.78 is 5.33. The van der Waals surface area contributed by atoms with Gasteiger partial charge in [0.15, 0.2) is 0 Å². The van der Waals surface area contributed by atoms with E-state index in [1.54, 1.807) is 4.90 Å². The van der Waals surface area contributed by atoms with Crippen LogP contribution in [-0.4, -0.2) is 42.3 Å². The lowest BCUT2D eigenvalue weighted by Gasteiger charge is -2.26. The summed E-state index contributed by atoms with van der Waals surface area (Å²) in [6.07, 6.45) is 2.56. The summed E-state index contributed by atoms with van der Waals surface area (Å²) >= 11 is 0. The number of amides is 1. The number of carbonyl (C=O) groups excluding carboxylic acids is 1. The van der Waals surface area contributed by atoms with Crippen LogP contribution in [0.15, 0.2) is 12.7 Å². The molecule has 0 aliphatic carbocycles. The van der Waals surface area contributed by atoms with Crippen molar-refractivity contribution >= 4 is 6.09 Å². The summed E-state index contributed by atoms with van der Waals surface area (Å²) in [6, 6.07) is 0.299. The van der Waals surface area contributed by atoms with E-state index in [0.717, 1.165) is 19.5 Å². The summed E-state index contributed by atoms with van der Waals surface area (Å²) in [5.74, 6) is 0. The van der Waals surface area contributed by atoms with Crippen LogP contribution in [0.2, 0.25) is 0 Å². The van der Waals surface area contributed by atoms with Crippen molar-refractivity contribution in [3.05, 3.63) is 12.7 Å². The van der Waals surface area contributed by atoms with E-state index in [1.807, 2.05) is 26.8 Å². The van der Waals surface area contributed by atoms with Crippen LogP contribution in [0, 0.1) is 0 Å². The zero-order valence-corrected chi connectivity index (χ0v) is 10.5. The van der Waals surface area contributed by atoms with Gasteiger partial charge in [-0.15, -0.1) is 6.58 Å². The standard InChI is InChI=1S/C12H22N2O2/c1-5-10-6-8-14(9-7-13-10)11(15)16-12(2,3)4/h5,10,13H,1,6-9H2,2-4H3/t10-/m1/s1. The van der Waals surface area contributed by atoms with Crippen LogP contribution in [0.3, 0.4) is 0 Å². The van der Waals surface area contributed by atoms with Crippen LogP contribution in [0.25, 0.3) is 0 Å². The maximum Gasteiger partial charge on any atom is 0.410 e. The molecule has 0 unspecified atom stereocenters. The molecule has 1 atom stereocenters. The first-order chi connectivity index (χ1) is 7.42. The first-order valence-corrected chi connectivity index (χ1v) is 5.76. The van der Waals surface area contributed by atoms with E-state index in [4.69, 9.17) is 4.74 Å².